The first-order valence-electron chi connectivity index (χ1n) is 8.34. The molecule has 1 aliphatic rings. The summed E-state index contributed by atoms with van der Waals surface area (Å²) in [6.45, 7) is 7.57. The van der Waals surface area contributed by atoms with E-state index < -0.39 is 0 Å². The highest BCUT2D eigenvalue weighted by Gasteiger charge is 2.16. The van der Waals surface area contributed by atoms with E-state index >= 15 is 0 Å². The van der Waals surface area contributed by atoms with Crippen LogP contribution in [0.5, 0.6) is 0 Å². The maximum atomic E-state index is 4.63. The molecule has 0 saturated carbocycles. The van der Waals surface area contributed by atoms with Crippen molar-refractivity contribution in [1.82, 2.24) is 15.3 Å². The average molecular weight is 287 g/mol. The second-order valence-corrected chi connectivity index (χ2v) is 6.26. The molecule has 1 saturated heterocycles. The summed E-state index contributed by atoms with van der Waals surface area (Å²) in [5.74, 6) is 1.62. The Morgan fingerprint density at radius 1 is 1.29 bits per heavy atom. The van der Waals surface area contributed by atoms with Crippen LogP contribution in [0.2, 0.25) is 0 Å². The van der Waals surface area contributed by atoms with E-state index in [1.165, 1.54) is 37.7 Å². The first-order chi connectivity index (χ1) is 10.2. The van der Waals surface area contributed by atoms with Gasteiger partial charge in [0.25, 0.3) is 0 Å². The van der Waals surface area contributed by atoms with Gasteiger partial charge in [0, 0.05) is 0 Å². The topological polar surface area (TPSA) is 40.7 Å². The second-order valence-electron chi connectivity index (χ2n) is 6.26. The molecule has 1 aromatic heterocycles. The molecule has 2 rings (SSSR count). The number of aromatic nitrogens is 2. The van der Waals surface area contributed by atoms with Crippen molar-refractivity contribution in [3.8, 4) is 0 Å². The molecule has 0 amide bonds. The Hall–Kier alpha value is -1.35. The molecule has 2 N–H and O–H groups in total. The van der Waals surface area contributed by atoms with Gasteiger partial charge in [0.1, 0.15) is 5.82 Å². The number of aromatic amines is 1. The molecular weight excluding hydrogens is 258 g/mol. The van der Waals surface area contributed by atoms with Crippen molar-refractivity contribution in [2.45, 2.75) is 58.9 Å². The minimum Gasteiger partial charge on any atom is -0.341 e. The number of nitrogens with one attached hydrogen (secondary N) is 2. The molecule has 0 spiro atoms. The van der Waals surface area contributed by atoms with Crippen LogP contribution in [0.1, 0.15) is 70.4 Å². The zero-order chi connectivity index (χ0) is 15.1. The molecule has 0 radical (unpaired) electrons. The minimum absolute atomic E-state index is 0.380. The molecule has 0 aliphatic carbocycles. The summed E-state index contributed by atoms with van der Waals surface area (Å²) in [5.41, 5.74) is 2.36. The molecule has 2 heterocycles. The monoisotopic (exact) mass is 287 g/mol. The number of H-pyrrole nitrogens is 1. The smallest absolute Gasteiger partial charge is 0.123 e. The summed E-state index contributed by atoms with van der Waals surface area (Å²) in [4.78, 5) is 8.16. The van der Waals surface area contributed by atoms with Crippen LogP contribution in [-0.4, -0.2) is 16.5 Å². The van der Waals surface area contributed by atoms with Gasteiger partial charge in [-0.1, -0.05) is 51.3 Å². The Balaban J connectivity index is 2.15. The van der Waals surface area contributed by atoms with Crippen molar-refractivity contribution in [2.75, 3.05) is 6.54 Å². The fraction of sp³-hybridized carbons (Fsp3) is 0.611. The Kier molecular flexibility index (Phi) is 6.24. The van der Waals surface area contributed by atoms with Gasteiger partial charge in [0.05, 0.1) is 17.9 Å². The molecule has 3 heteroatoms. The Morgan fingerprint density at radius 2 is 2.10 bits per heavy atom. The van der Waals surface area contributed by atoms with E-state index in [1.54, 1.807) is 0 Å². The van der Waals surface area contributed by atoms with Gasteiger partial charge in [-0.25, -0.2) is 4.98 Å². The number of allylic oxidation sites excluding steroid dienone is 4. The van der Waals surface area contributed by atoms with Crippen LogP contribution in [-0.2, 0) is 0 Å². The standard InChI is InChI=1S/C18H29N3/c1-4-9-15(12-14(2)3)17-13-20-18(21-17)16-10-7-5-6-8-11-19-16/h4,9,12-14,16,19H,5-8,10-11H2,1-3H3,(H,20,21). The van der Waals surface area contributed by atoms with E-state index in [0.717, 1.165) is 18.1 Å². The first-order valence-corrected chi connectivity index (χ1v) is 8.34. The number of imidazole rings is 1. The fourth-order valence-corrected chi connectivity index (χ4v) is 2.87. The predicted octanol–water partition coefficient (Wildman–Crippen LogP) is 4.62. The van der Waals surface area contributed by atoms with Crippen molar-refractivity contribution >= 4 is 5.57 Å². The molecule has 21 heavy (non-hydrogen) atoms. The molecule has 116 valence electrons. The van der Waals surface area contributed by atoms with Gasteiger partial charge in [-0.05, 0) is 37.8 Å². The molecule has 1 unspecified atom stereocenters. The van der Waals surface area contributed by atoms with Gasteiger partial charge in [-0.2, -0.15) is 0 Å². The van der Waals surface area contributed by atoms with Gasteiger partial charge in [0.2, 0.25) is 0 Å². The molecule has 0 aromatic carbocycles. The third-order valence-corrected chi connectivity index (χ3v) is 3.91. The highest BCUT2D eigenvalue weighted by atomic mass is 15.0. The molecular formula is C18H29N3. The lowest BCUT2D eigenvalue weighted by Crippen LogP contribution is -2.25. The van der Waals surface area contributed by atoms with Gasteiger partial charge in [0.15, 0.2) is 0 Å². The van der Waals surface area contributed by atoms with Gasteiger partial charge < -0.3 is 10.3 Å². The zero-order valence-electron chi connectivity index (χ0n) is 13.7. The third kappa shape index (κ3) is 4.85. The fourth-order valence-electron chi connectivity index (χ4n) is 2.87. The quantitative estimate of drug-likeness (QED) is 0.793. The van der Waals surface area contributed by atoms with E-state index in [0.29, 0.717) is 12.0 Å². The van der Waals surface area contributed by atoms with Gasteiger partial charge >= 0.3 is 0 Å². The maximum Gasteiger partial charge on any atom is 0.123 e. The summed E-state index contributed by atoms with van der Waals surface area (Å²) < 4.78 is 0. The molecule has 1 aliphatic heterocycles. The Morgan fingerprint density at radius 3 is 2.86 bits per heavy atom. The van der Waals surface area contributed by atoms with Crippen LogP contribution in [0, 0.1) is 5.92 Å². The van der Waals surface area contributed by atoms with Crippen LogP contribution < -0.4 is 5.32 Å². The zero-order valence-corrected chi connectivity index (χ0v) is 13.7. The molecule has 1 atom stereocenters. The van der Waals surface area contributed by atoms with E-state index in [9.17, 15) is 0 Å². The molecule has 1 fully saturated rings. The lowest BCUT2D eigenvalue weighted by Gasteiger charge is -2.19. The average Bonchev–Trinajstić information content (AvgIpc) is 2.87. The first kappa shape index (κ1) is 16.0. The summed E-state index contributed by atoms with van der Waals surface area (Å²) >= 11 is 0. The van der Waals surface area contributed by atoms with Crippen molar-refractivity contribution in [3.63, 3.8) is 0 Å². The maximum absolute atomic E-state index is 4.63. The summed E-state index contributed by atoms with van der Waals surface area (Å²) in [6, 6.07) is 0.380. The van der Waals surface area contributed by atoms with E-state index in [1.807, 2.05) is 6.20 Å². The van der Waals surface area contributed by atoms with Crippen LogP contribution in [0.15, 0.2) is 24.4 Å². The SMILES string of the molecule is CC=CC(=CC(C)C)c1cnc(C2CCCCCCN2)[nH]1. The predicted molar refractivity (Wildman–Crippen MR) is 90.0 cm³/mol. The lowest BCUT2D eigenvalue weighted by atomic mass is 10.0. The highest BCUT2D eigenvalue weighted by Crippen LogP contribution is 2.23. The van der Waals surface area contributed by atoms with Crippen molar-refractivity contribution < 1.29 is 0 Å². The van der Waals surface area contributed by atoms with Crippen LogP contribution in [0.3, 0.4) is 0 Å². The summed E-state index contributed by atoms with van der Waals surface area (Å²) in [5, 5.41) is 3.63. The molecule has 0 bridgehead atoms. The number of rotatable bonds is 4. The van der Waals surface area contributed by atoms with Crippen molar-refractivity contribution in [2.24, 2.45) is 5.92 Å². The minimum atomic E-state index is 0.380. The highest BCUT2D eigenvalue weighted by molar-refractivity contribution is 5.71. The second kappa shape index (κ2) is 8.18. The summed E-state index contributed by atoms with van der Waals surface area (Å²) in [7, 11) is 0. The number of nitrogens with zero attached hydrogens (tertiary/aromatic N) is 1. The van der Waals surface area contributed by atoms with Crippen molar-refractivity contribution in [1.29, 1.82) is 0 Å². The number of hydrogen-bond donors (Lipinski definition) is 2. The van der Waals surface area contributed by atoms with E-state index in [-0.39, 0.29) is 0 Å². The van der Waals surface area contributed by atoms with Gasteiger partial charge in [-0.3, -0.25) is 0 Å². The van der Waals surface area contributed by atoms with Crippen LogP contribution in [0.4, 0.5) is 0 Å². The third-order valence-electron chi connectivity index (χ3n) is 3.91. The lowest BCUT2D eigenvalue weighted by molar-refractivity contribution is 0.415. The molecule has 1 aromatic rings. The van der Waals surface area contributed by atoms with E-state index in [2.05, 4.69) is 54.3 Å². The Bertz CT molecular complexity index is 474. The van der Waals surface area contributed by atoms with Crippen molar-refractivity contribution in [3.05, 3.63) is 35.9 Å². The van der Waals surface area contributed by atoms with Crippen LogP contribution in [0.25, 0.3) is 5.57 Å². The summed E-state index contributed by atoms with van der Waals surface area (Å²) in [6.07, 6.45) is 14.9. The van der Waals surface area contributed by atoms with E-state index in [4.69, 9.17) is 0 Å². The molecule has 3 nitrogen and oxygen atoms in total. The normalized spacial score (nSPS) is 21.7. The van der Waals surface area contributed by atoms with Crippen LogP contribution >= 0.6 is 0 Å². The van der Waals surface area contributed by atoms with Gasteiger partial charge in [-0.15, -0.1) is 0 Å². The largest absolute Gasteiger partial charge is 0.341 e. The number of hydrogen-bond acceptors (Lipinski definition) is 2. The Labute approximate surface area is 128 Å².